The Morgan fingerprint density at radius 3 is 2.56 bits per heavy atom. The van der Waals surface area contributed by atoms with Crippen molar-refractivity contribution in [1.82, 2.24) is 4.31 Å². The number of fused-ring (bicyclic) bond motifs is 1. The molecule has 1 amide bonds. The molecule has 2 aromatic rings. The summed E-state index contributed by atoms with van der Waals surface area (Å²) in [6.07, 6.45) is 2.69. The Morgan fingerprint density at radius 2 is 1.81 bits per heavy atom. The number of anilines is 1. The highest BCUT2D eigenvalue weighted by Gasteiger charge is 2.30. The van der Waals surface area contributed by atoms with E-state index in [4.69, 9.17) is 4.74 Å². The van der Waals surface area contributed by atoms with E-state index in [9.17, 15) is 13.2 Å². The SMILES string of the molecule is O=C1COc2cc(S(=O)(=O)N3CCC(Cc4ccccc4)CC3)ccc2N1. The molecule has 2 aliphatic rings. The molecule has 2 aromatic carbocycles. The van der Waals surface area contributed by atoms with Gasteiger partial charge in [0.15, 0.2) is 6.61 Å². The van der Waals surface area contributed by atoms with Crippen LogP contribution in [0.25, 0.3) is 0 Å². The van der Waals surface area contributed by atoms with Gasteiger partial charge in [-0.05, 0) is 42.9 Å². The van der Waals surface area contributed by atoms with Crippen LogP contribution in [0.1, 0.15) is 18.4 Å². The van der Waals surface area contributed by atoms with Crippen molar-refractivity contribution in [1.29, 1.82) is 0 Å². The lowest BCUT2D eigenvalue weighted by Gasteiger charge is -2.31. The quantitative estimate of drug-likeness (QED) is 0.877. The molecule has 7 heteroatoms. The van der Waals surface area contributed by atoms with Crippen LogP contribution in [0.2, 0.25) is 0 Å². The van der Waals surface area contributed by atoms with Gasteiger partial charge >= 0.3 is 0 Å². The fourth-order valence-electron chi connectivity index (χ4n) is 3.67. The van der Waals surface area contributed by atoms with Crippen LogP contribution < -0.4 is 10.1 Å². The van der Waals surface area contributed by atoms with E-state index in [0.29, 0.717) is 30.4 Å². The minimum absolute atomic E-state index is 0.0959. The van der Waals surface area contributed by atoms with Gasteiger partial charge in [0, 0.05) is 19.2 Å². The summed E-state index contributed by atoms with van der Waals surface area (Å²) in [7, 11) is -3.56. The van der Waals surface area contributed by atoms with Gasteiger partial charge in [0.1, 0.15) is 5.75 Å². The average molecular weight is 386 g/mol. The number of hydrogen-bond acceptors (Lipinski definition) is 4. The van der Waals surface area contributed by atoms with E-state index in [2.05, 4.69) is 17.4 Å². The van der Waals surface area contributed by atoms with E-state index in [1.807, 2.05) is 18.2 Å². The fourth-order valence-corrected chi connectivity index (χ4v) is 5.15. The maximum absolute atomic E-state index is 13.0. The zero-order valence-corrected chi connectivity index (χ0v) is 15.7. The number of benzene rings is 2. The van der Waals surface area contributed by atoms with Crippen molar-refractivity contribution in [3.63, 3.8) is 0 Å². The molecule has 1 saturated heterocycles. The third kappa shape index (κ3) is 3.84. The number of hydrogen-bond donors (Lipinski definition) is 1. The highest BCUT2D eigenvalue weighted by Crippen LogP contribution is 2.32. The smallest absolute Gasteiger partial charge is 0.262 e. The van der Waals surface area contributed by atoms with Gasteiger partial charge in [0.2, 0.25) is 10.0 Å². The van der Waals surface area contributed by atoms with Crippen LogP contribution in [-0.2, 0) is 21.2 Å². The Bertz CT molecular complexity index is 936. The number of rotatable bonds is 4. The summed E-state index contributed by atoms with van der Waals surface area (Å²) in [5.74, 6) is 0.661. The molecule has 0 atom stereocenters. The van der Waals surface area contributed by atoms with Crippen LogP contribution in [0.15, 0.2) is 53.4 Å². The maximum atomic E-state index is 13.0. The van der Waals surface area contributed by atoms with Crippen LogP contribution in [0.3, 0.4) is 0 Å². The van der Waals surface area contributed by atoms with Crippen LogP contribution in [-0.4, -0.2) is 38.3 Å². The van der Waals surface area contributed by atoms with Crippen molar-refractivity contribution in [3.8, 4) is 5.75 Å². The van der Waals surface area contributed by atoms with E-state index < -0.39 is 10.0 Å². The fraction of sp³-hybridized carbons (Fsp3) is 0.350. The molecule has 2 heterocycles. The third-order valence-corrected chi connectivity index (χ3v) is 7.06. The van der Waals surface area contributed by atoms with Crippen LogP contribution >= 0.6 is 0 Å². The third-order valence-electron chi connectivity index (χ3n) is 5.16. The molecule has 0 bridgehead atoms. The molecule has 2 aliphatic heterocycles. The van der Waals surface area contributed by atoms with E-state index in [-0.39, 0.29) is 17.4 Å². The number of piperidine rings is 1. The number of nitrogens with zero attached hydrogens (tertiary/aromatic N) is 1. The van der Waals surface area contributed by atoms with Crippen LogP contribution in [0.5, 0.6) is 5.75 Å². The second kappa shape index (κ2) is 7.32. The molecular formula is C20H22N2O4S. The molecular weight excluding hydrogens is 364 g/mol. The monoisotopic (exact) mass is 386 g/mol. The molecule has 27 heavy (non-hydrogen) atoms. The number of sulfonamides is 1. The van der Waals surface area contributed by atoms with Gasteiger partial charge in [0.05, 0.1) is 10.6 Å². The Labute approximate surface area is 159 Å². The van der Waals surface area contributed by atoms with Crippen molar-refractivity contribution >= 4 is 21.6 Å². The summed E-state index contributed by atoms with van der Waals surface area (Å²) in [4.78, 5) is 11.6. The number of amides is 1. The molecule has 0 spiro atoms. The predicted molar refractivity (Wildman–Crippen MR) is 102 cm³/mol. The van der Waals surface area contributed by atoms with Crippen LogP contribution in [0.4, 0.5) is 5.69 Å². The summed E-state index contributed by atoms with van der Waals surface area (Å²) in [5, 5.41) is 2.67. The largest absolute Gasteiger partial charge is 0.482 e. The Hall–Kier alpha value is -2.38. The zero-order valence-electron chi connectivity index (χ0n) is 14.9. The second-order valence-electron chi connectivity index (χ2n) is 7.03. The molecule has 6 nitrogen and oxygen atoms in total. The zero-order chi connectivity index (χ0) is 18.9. The van der Waals surface area contributed by atoms with Crippen molar-refractivity contribution in [2.45, 2.75) is 24.2 Å². The lowest BCUT2D eigenvalue weighted by atomic mass is 9.91. The minimum atomic E-state index is -3.56. The van der Waals surface area contributed by atoms with E-state index >= 15 is 0 Å². The van der Waals surface area contributed by atoms with Crippen molar-refractivity contribution < 1.29 is 17.9 Å². The van der Waals surface area contributed by atoms with Gasteiger partial charge < -0.3 is 10.1 Å². The lowest BCUT2D eigenvalue weighted by molar-refractivity contribution is -0.118. The molecule has 0 aliphatic carbocycles. The van der Waals surface area contributed by atoms with Crippen LogP contribution in [0, 0.1) is 5.92 Å². The Morgan fingerprint density at radius 1 is 1.07 bits per heavy atom. The summed E-state index contributed by atoms with van der Waals surface area (Å²) in [6, 6.07) is 14.9. The molecule has 4 rings (SSSR count). The first-order valence-electron chi connectivity index (χ1n) is 9.13. The van der Waals surface area contributed by atoms with E-state index in [0.717, 1.165) is 19.3 Å². The van der Waals surface area contributed by atoms with Crippen molar-refractivity contribution in [2.75, 3.05) is 25.0 Å². The van der Waals surface area contributed by atoms with Crippen molar-refractivity contribution in [2.24, 2.45) is 5.92 Å². The molecule has 0 saturated carbocycles. The summed E-state index contributed by atoms with van der Waals surface area (Å²) in [5.41, 5.74) is 1.81. The molecule has 1 fully saturated rings. The van der Waals surface area contributed by atoms with Gasteiger partial charge in [-0.1, -0.05) is 30.3 Å². The molecule has 0 unspecified atom stereocenters. The van der Waals surface area contributed by atoms with Gasteiger partial charge in [-0.25, -0.2) is 8.42 Å². The Balaban J connectivity index is 1.44. The second-order valence-corrected chi connectivity index (χ2v) is 8.97. The van der Waals surface area contributed by atoms with Gasteiger partial charge in [0.25, 0.3) is 5.91 Å². The maximum Gasteiger partial charge on any atom is 0.262 e. The Kier molecular flexibility index (Phi) is 4.88. The molecule has 1 N–H and O–H groups in total. The summed E-state index contributed by atoms with van der Waals surface area (Å²) < 4.78 is 32.9. The number of carbonyl (C=O) groups is 1. The summed E-state index contributed by atoms with van der Waals surface area (Å²) in [6.45, 7) is 0.949. The molecule has 0 aromatic heterocycles. The average Bonchev–Trinajstić information content (AvgIpc) is 2.69. The molecule has 0 radical (unpaired) electrons. The van der Waals surface area contributed by atoms with Gasteiger partial charge in [-0.2, -0.15) is 4.31 Å². The minimum Gasteiger partial charge on any atom is -0.482 e. The highest BCUT2D eigenvalue weighted by molar-refractivity contribution is 7.89. The highest BCUT2D eigenvalue weighted by atomic mass is 32.2. The van der Waals surface area contributed by atoms with Gasteiger partial charge in [-0.15, -0.1) is 0 Å². The molecule has 142 valence electrons. The van der Waals surface area contributed by atoms with E-state index in [1.54, 1.807) is 10.4 Å². The number of carbonyl (C=O) groups excluding carboxylic acids is 1. The predicted octanol–water partition coefficient (Wildman–Crippen LogP) is 2.66. The first kappa shape index (κ1) is 18.0. The normalized spacial score (nSPS) is 18.4. The first-order valence-corrected chi connectivity index (χ1v) is 10.6. The van der Waals surface area contributed by atoms with Gasteiger partial charge in [-0.3, -0.25) is 4.79 Å². The lowest BCUT2D eigenvalue weighted by Crippen LogP contribution is -2.39. The topological polar surface area (TPSA) is 75.7 Å². The standard InChI is InChI=1S/C20H22N2O4S/c23-20-14-26-19-13-17(6-7-18(19)21-20)27(24,25)22-10-8-16(9-11-22)12-15-4-2-1-3-5-15/h1-7,13,16H,8-12,14H2,(H,21,23). The first-order chi connectivity index (χ1) is 13.0. The summed E-state index contributed by atoms with van der Waals surface area (Å²) >= 11 is 0. The van der Waals surface area contributed by atoms with E-state index in [1.165, 1.54) is 17.7 Å². The number of nitrogens with one attached hydrogen (secondary N) is 1. The van der Waals surface area contributed by atoms with Crippen molar-refractivity contribution in [3.05, 3.63) is 54.1 Å². The number of ether oxygens (including phenoxy) is 1.